The third-order valence-corrected chi connectivity index (χ3v) is 4.56. The fourth-order valence-electron chi connectivity index (χ4n) is 3.04. The van der Waals surface area contributed by atoms with Crippen LogP contribution >= 0.6 is 0 Å². The van der Waals surface area contributed by atoms with Gasteiger partial charge in [-0.05, 0) is 62.3 Å². The largest absolute Gasteiger partial charge is 0.464 e. The first kappa shape index (κ1) is 15.8. The van der Waals surface area contributed by atoms with Crippen LogP contribution in [0.15, 0.2) is 24.3 Å². The average Bonchev–Trinajstić information content (AvgIpc) is 2.46. The van der Waals surface area contributed by atoms with Crippen LogP contribution in [0.2, 0.25) is 0 Å². The lowest BCUT2D eigenvalue weighted by molar-refractivity contribution is -0.150. The molecule has 1 saturated carbocycles. The Bertz CT molecular complexity index is 488. The van der Waals surface area contributed by atoms with E-state index in [1.165, 1.54) is 12.1 Å². The van der Waals surface area contributed by atoms with Crippen molar-refractivity contribution in [3.05, 3.63) is 30.1 Å². The van der Waals surface area contributed by atoms with Crippen molar-refractivity contribution in [2.75, 3.05) is 11.9 Å². The van der Waals surface area contributed by atoms with Gasteiger partial charge in [0.2, 0.25) is 0 Å². The Balaban J connectivity index is 2.23. The maximum Gasteiger partial charge on any atom is 0.331 e. The maximum atomic E-state index is 13.0. The van der Waals surface area contributed by atoms with Crippen LogP contribution in [0.3, 0.4) is 0 Å². The molecule has 1 aromatic rings. The van der Waals surface area contributed by atoms with Gasteiger partial charge >= 0.3 is 5.97 Å². The van der Waals surface area contributed by atoms with Crippen LogP contribution in [0, 0.1) is 17.7 Å². The Morgan fingerprint density at radius 2 is 2.00 bits per heavy atom. The Kier molecular flexibility index (Phi) is 4.86. The molecule has 3 unspecified atom stereocenters. The van der Waals surface area contributed by atoms with Crippen molar-refractivity contribution >= 4 is 11.7 Å². The highest BCUT2D eigenvalue weighted by atomic mass is 19.1. The molecule has 0 radical (unpaired) electrons. The number of ether oxygens (including phenoxy) is 1. The summed E-state index contributed by atoms with van der Waals surface area (Å²) in [6.07, 6.45) is 2.47. The van der Waals surface area contributed by atoms with Gasteiger partial charge in [0.15, 0.2) is 0 Å². The highest BCUT2D eigenvalue weighted by molar-refractivity contribution is 5.84. The Morgan fingerprint density at radius 1 is 1.33 bits per heavy atom. The Morgan fingerprint density at radius 3 is 2.57 bits per heavy atom. The van der Waals surface area contributed by atoms with E-state index in [2.05, 4.69) is 19.2 Å². The summed E-state index contributed by atoms with van der Waals surface area (Å²) in [7, 11) is 0. The van der Waals surface area contributed by atoms with E-state index in [0.717, 1.165) is 24.9 Å². The van der Waals surface area contributed by atoms with E-state index in [1.54, 1.807) is 12.1 Å². The number of carbonyl (C=O) groups is 1. The van der Waals surface area contributed by atoms with Gasteiger partial charge in [0.1, 0.15) is 11.4 Å². The van der Waals surface area contributed by atoms with Gasteiger partial charge in [0, 0.05) is 5.69 Å². The van der Waals surface area contributed by atoms with E-state index in [9.17, 15) is 9.18 Å². The Labute approximate surface area is 125 Å². The number of carbonyl (C=O) groups excluding carboxylic acids is 1. The van der Waals surface area contributed by atoms with Crippen molar-refractivity contribution in [1.82, 2.24) is 0 Å². The predicted molar refractivity (Wildman–Crippen MR) is 81.6 cm³/mol. The topological polar surface area (TPSA) is 38.3 Å². The summed E-state index contributed by atoms with van der Waals surface area (Å²) in [5.41, 5.74) is 0.0611. The first-order valence-electron chi connectivity index (χ1n) is 7.68. The number of esters is 1. The first-order valence-corrected chi connectivity index (χ1v) is 7.68. The zero-order valence-corrected chi connectivity index (χ0v) is 13.0. The maximum absolute atomic E-state index is 13.0. The number of hydrogen-bond donors (Lipinski definition) is 1. The molecule has 0 heterocycles. The molecule has 116 valence electrons. The van der Waals surface area contributed by atoms with Gasteiger partial charge in [0.25, 0.3) is 0 Å². The number of benzene rings is 1. The van der Waals surface area contributed by atoms with Crippen molar-refractivity contribution in [3.63, 3.8) is 0 Å². The summed E-state index contributed by atoms with van der Waals surface area (Å²) in [5.74, 6) is 0.558. The van der Waals surface area contributed by atoms with Gasteiger partial charge in [0.05, 0.1) is 6.61 Å². The van der Waals surface area contributed by atoms with E-state index >= 15 is 0 Å². The molecule has 1 aromatic carbocycles. The van der Waals surface area contributed by atoms with E-state index < -0.39 is 5.54 Å². The minimum Gasteiger partial charge on any atom is -0.464 e. The van der Waals surface area contributed by atoms with Crippen molar-refractivity contribution in [3.8, 4) is 0 Å². The second-order valence-corrected chi connectivity index (χ2v) is 6.13. The number of hydrogen-bond acceptors (Lipinski definition) is 3. The second-order valence-electron chi connectivity index (χ2n) is 6.13. The van der Waals surface area contributed by atoms with E-state index in [4.69, 9.17) is 4.74 Å². The molecular weight excluding hydrogens is 269 g/mol. The molecule has 0 amide bonds. The smallest absolute Gasteiger partial charge is 0.331 e. The van der Waals surface area contributed by atoms with Crippen molar-refractivity contribution in [1.29, 1.82) is 0 Å². The number of nitrogens with one attached hydrogen (secondary N) is 1. The molecule has 3 atom stereocenters. The summed E-state index contributed by atoms with van der Waals surface area (Å²) >= 11 is 0. The fraction of sp³-hybridized carbons (Fsp3) is 0.588. The summed E-state index contributed by atoms with van der Waals surface area (Å²) in [6, 6.07) is 6.13. The van der Waals surface area contributed by atoms with Crippen molar-refractivity contribution in [2.45, 2.75) is 45.6 Å². The molecule has 0 saturated heterocycles. The molecule has 0 bridgehead atoms. The number of halogens is 1. The highest BCUT2D eigenvalue weighted by Gasteiger charge is 2.45. The molecule has 0 spiro atoms. The molecule has 2 rings (SSSR count). The first-order chi connectivity index (χ1) is 9.97. The summed E-state index contributed by atoms with van der Waals surface area (Å²) in [4.78, 5) is 12.5. The van der Waals surface area contributed by atoms with E-state index in [0.29, 0.717) is 18.4 Å². The molecule has 3 nitrogen and oxygen atoms in total. The standard InChI is InChI=1S/C17H24FNO2/c1-4-21-16(20)17(10-9-12(2)13(3)11-17)19-15-7-5-14(18)6-8-15/h5-8,12-13,19H,4,9-11H2,1-3H3. The summed E-state index contributed by atoms with van der Waals surface area (Å²) in [5, 5.41) is 3.32. The van der Waals surface area contributed by atoms with Crippen LogP contribution in [-0.2, 0) is 9.53 Å². The normalized spacial score (nSPS) is 29.0. The molecule has 1 fully saturated rings. The van der Waals surface area contributed by atoms with Crippen LogP contribution in [0.5, 0.6) is 0 Å². The van der Waals surface area contributed by atoms with Crippen molar-refractivity contribution < 1.29 is 13.9 Å². The molecule has 0 aromatic heterocycles. The lowest BCUT2D eigenvalue weighted by atomic mass is 9.71. The van der Waals surface area contributed by atoms with Gasteiger partial charge in [-0.15, -0.1) is 0 Å². The second kappa shape index (κ2) is 6.46. The lowest BCUT2D eigenvalue weighted by Gasteiger charge is -2.41. The zero-order chi connectivity index (χ0) is 15.5. The molecular formula is C17H24FNO2. The van der Waals surface area contributed by atoms with Gasteiger partial charge in [-0.3, -0.25) is 0 Å². The minimum atomic E-state index is -0.695. The minimum absolute atomic E-state index is 0.201. The van der Waals surface area contributed by atoms with E-state index in [1.807, 2.05) is 6.92 Å². The third-order valence-electron chi connectivity index (χ3n) is 4.56. The van der Waals surface area contributed by atoms with Gasteiger partial charge in [-0.2, -0.15) is 0 Å². The lowest BCUT2D eigenvalue weighted by Crippen LogP contribution is -2.52. The Hall–Kier alpha value is -1.58. The summed E-state index contributed by atoms with van der Waals surface area (Å²) < 4.78 is 18.3. The fourth-order valence-corrected chi connectivity index (χ4v) is 3.04. The van der Waals surface area contributed by atoms with E-state index in [-0.39, 0.29) is 11.8 Å². The summed E-state index contributed by atoms with van der Waals surface area (Å²) in [6.45, 7) is 6.58. The van der Waals surface area contributed by atoms with Gasteiger partial charge < -0.3 is 10.1 Å². The molecule has 1 aliphatic rings. The molecule has 4 heteroatoms. The molecule has 1 aliphatic carbocycles. The average molecular weight is 293 g/mol. The third kappa shape index (κ3) is 3.55. The highest BCUT2D eigenvalue weighted by Crippen LogP contribution is 2.39. The van der Waals surface area contributed by atoms with Crippen LogP contribution in [-0.4, -0.2) is 18.1 Å². The van der Waals surface area contributed by atoms with Crippen LogP contribution in [0.1, 0.15) is 40.0 Å². The van der Waals surface area contributed by atoms with Gasteiger partial charge in [-0.25, -0.2) is 9.18 Å². The quantitative estimate of drug-likeness (QED) is 0.853. The van der Waals surface area contributed by atoms with Crippen LogP contribution in [0.4, 0.5) is 10.1 Å². The SMILES string of the molecule is CCOC(=O)C1(Nc2ccc(F)cc2)CCC(C)C(C)C1. The number of anilines is 1. The van der Waals surface area contributed by atoms with Gasteiger partial charge in [-0.1, -0.05) is 13.8 Å². The molecule has 0 aliphatic heterocycles. The predicted octanol–water partition coefficient (Wildman–Crippen LogP) is 4.00. The van der Waals surface area contributed by atoms with Crippen molar-refractivity contribution in [2.24, 2.45) is 11.8 Å². The monoisotopic (exact) mass is 293 g/mol. The molecule has 21 heavy (non-hydrogen) atoms. The van der Waals surface area contributed by atoms with Crippen LogP contribution in [0.25, 0.3) is 0 Å². The zero-order valence-electron chi connectivity index (χ0n) is 13.0. The van der Waals surface area contributed by atoms with Crippen LogP contribution < -0.4 is 5.32 Å². The molecule has 1 N–H and O–H groups in total. The number of rotatable bonds is 4.